The lowest BCUT2D eigenvalue weighted by atomic mass is 9.81. The molecule has 1 unspecified atom stereocenters. The lowest BCUT2D eigenvalue weighted by Gasteiger charge is -2.42. The van der Waals surface area contributed by atoms with Gasteiger partial charge in [0.2, 0.25) is 0 Å². The molecular weight excluding hydrogens is 228 g/mol. The summed E-state index contributed by atoms with van der Waals surface area (Å²) >= 11 is 0. The zero-order valence-corrected chi connectivity index (χ0v) is 11.1. The van der Waals surface area contributed by atoms with Crippen LogP contribution in [0.1, 0.15) is 25.7 Å². The molecule has 0 aliphatic carbocycles. The SMILES string of the molecule is O=CC1(CN2CCN3CCCC3C2)CCOCC1. The maximum Gasteiger partial charge on any atom is 0.127 e. The topological polar surface area (TPSA) is 32.8 Å². The van der Waals surface area contributed by atoms with Gasteiger partial charge >= 0.3 is 0 Å². The van der Waals surface area contributed by atoms with Crippen LogP contribution in [0.3, 0.4) is 0 Å². The Kier molecular flexibility index (Phi) is 3.68. The molecule has 0 N–H and O–H groups in total. The third-order valence-electron chi connectivity index (χ3n) is 4.95. The Morgan fingerprint density at radius 2 is 2.06 bits per heavy atom. The van der Waals surface area contributed by atoms with Crippen molar-refractivity contribution in [2.24, 2.45) is 5.41 Å². The number of carbonyl (C=O) groups excluding carboxylic acids is 1. The first kappa shape index (κ1) is 12.6. The molecule has 3 fully saturated rings. The van der Waals surface area contributed by atoms with Gasteiger partial charge in [-0.05, 0) is 32.2 Å². The molecule has 4 heteroatoms. The van der Waals surface area contributed by atoms with E-state index in [2.05, 4.69) is 9.80 Å². The Hall–Kier alpha value is -0.450. The van der Waals surface area contributed by atoms with Crippen LogP contribution in [0.2, 0.25) is 0 Å². The van der Waals surface area contributed by atoms with Gasteiger partial charge in [-0.25, -0.2) is 0 Å². The van der Waals surface area contributed by atoms with Gasteiger partial charge in [-0.3, -0.25) is 9.80 Å². The molecule has 0 saturated carbocycles. The summed E-state index contributed by atoms with van der Waals surface area (Å²) in [7, 11) is 0. The van der Waals surface area contributed by atoms with Crippen molar-refractivity contribution in [2.75, 3.05) is 45.9 Å². The molecule has 4 nitrogen and oxygen atoms in total. The molecule has 0 aromatic heterocycles. The number of aldehydes is 1. The van der Waals surface area contributed by atoms with E-state index in [9.17, 15) is 4.79 Å². The van der Waals surface area contributed by atoms with Gasteiger partial charge in [-0.2, -0.15) is 0 Å². The fraction of sp³-hybridized carbons (Fsp3) is 0.929. The van der Waals surface area contributed by atoms with Crippen LogP contribution < -0.4 is 0 Å². The zero-order chi connectivity index (χ0) is 12.4. The monoisotopic (exact) mass is 252 g/mol. The Bertz CT molecular complexity index is 302. The van der Waals surface area contributed by atoms with Crippen LogP contribution in [0, 0.1) is 5.41 Å². The van der Waals surface area contributed by atoms with Crippen LogP contribution in [0.15, 0.2) is 0 Å². The van der Waals surface area contributed by atoms with E-state index in [-0.39, 0.29) is 5.41 Å². The number of fused-ring (bicyclic) bond motifs is 1. The third kappa shape index (κ3) is 2.46. The summed E-state index contributed by atoms with van der Waals surface area (Å²) in [5, 5.41) is 0. The normalized spacial score (nSPS) is 33.2. The molecule has 1 atom stereocenters. The first-order valence-corrected chi connectivity index (χ1v) is 7.32. The quantitative estimate of drug-likeness (QED) is 0.694. The predicted octanol–water partition coefficient (Wildman–Crippen LogP) is 0.762. The smallest absolute Gasteiger partial charge is 0.127 e. The summed E-state index contributed by atoms with van der Waals surface area (Å²) in [4.78, 5) is 16.6. The summed E-state index contributed by atoms with van der Waals surface area (Å²) in [5.74, 6) is 0. The average molecular weight is 252 g/mol. The molecule has 3 heterocycles. The van der Waals surface area contributed by atoms with Crippen LogP contribution in [-0.2, 0) is 9.53 Å². The molecule has 0 amide bonds. The molecule has 3 aliphatic heterocycles. The van der Waals surface area contributed by atoms with Crippen LogP contribution in [0.25, 0.3) is 0 Å². The van der Waals surface area contributed by atoms with Gasteiger partial charge in [0.25, 0.3) is 0 Å². The van der Waals surface area contributed by atoms with Crippen molar-refractivity contribution >= 4 is 6.29 Å². The number of piperazine rings is 1. The highest BCUT2D eigenvalue weighted by molar-refractivity contribution is 5.60. The fourth-order valence-corrected chi connectivity index (χ4v) is 3.74. The molecule has 0 aromatic rings. The Morgan fingerprint density at radius 1 is 1.22 bits per heavy atom. The van der Waals surface area contributed by atoms with Crippen LogP contribution in [0.5, 0.6) is 0 Å². The van der Waals surface area contributed by atoms with Crippen molar-refractivity contribution in [3.05, 3.63) is 0 Å². The minimum absolute atomic E-state index is 0.126. The molecule has 18 heavy (non-hydrogen) atoms. The minimum atomic E-state index is -0.126. The van der Waals surface area contributed by atoms with Crippen LogP contribution in [0.4, 0.5) is 0 Å². The molecular formula is C14H24N2O2. The number of hydrogen-bond donors (Lipinski definition) is 0. The molecule has 3 aliphatic rings. The first-order valence-electron chi connectivity index (χ1n) is 7.32. The Labute approximate surface area is 109 Å². The second-order valence-corrected chi connectivity index (χ2v) is 6.16. The average Bonchev–Trinajstić information content (AvgIpc) is 2.87. The number of rotatable bonds is 3. The van der Waals surface area contributed by atoms with Gasteiger partial charge in [-0.1, -0.05) is 0 Å². The van der Waals surface area contributed by atoms with Gasteiger partial charge in [0.15, 0.2) is 0 Å². The van der Waals surface area contributed by atoms with Gasteiger partial charge < -0.3 is 9.53 Å². The molecule has 102 valence electrons. The van der Waals surface area contributed by atoms with Crippen molar-refractivity contribution in [1.29, 1.82) is 0 Å². The predicted molar refractivity (Wildman–Crippen MR) is 69.6 cm³/mol. The highest BCUT2D eigenvalue weighted by Crippen LogP contribution is 2.31. The third-order valence-corrected chi connectivity index (χ3v) is 4.95. The van der Waals surface area contributed by atoms with E-state index >= 15 is 0 Å². The zero-order valence-electron chi connectivity index (χ0n) is 11.1. The lowest BCUT2D eigenvalue weighted by Crippen LogP contribution is -2.53. The summed E-state index contributed by atoms with van der Waals surface area (Å²) < 4.78 is 5.40. The molecule has 0 bridgehead atoms. The molecule has 0 aromatic carbocycles. The van der Waals surface area contributed by atoms with Crippen LogP contribution >= 0.6 is 0 Å². The summed E-state index contributed by atoms with van der Waals surface area (Å²) in [6, 6.07) is 0.752. The van der Waals surface area contributed by atoms with E-state index in [1.165, 1.54) is 32.2 Å². The molecule has 3 saturated heterocycles. The van der Waals surface area contributed by atoms with E-state index in [1.54, 1.807) is 0 Å². The number of carbonyl (C=O) groups is 1. The lowest BCUT2D eigenvalue weighted by molar-refractivity contribution is -0.123. The Morgan fingerprint density at radius 3 is 2.83 bits per heavy atom. The van der Waals surface area contributed by atoms with Crippen molar-refractivity contribution in [3.63, 3.8) is 0 Å². The molecule has 0 radical (unpaired) electrons. The largest absolute Gasteiger partial charge is 0.381 e. The minimum Gasteiger partial charge on any atom is -0.381 e. The maximum absolute atomic E-state index is 11.5. The number of nitrogens with zero attached hydrogens (tertiary/aromatic N) is 2. The summed E-state index contributed by atoms with van der Waals surface area (Å²) in [6.07, 6.45) is 5.71. The number of hydrogen-bond acceptors (Lipinski definition) is 4. The molecule has 3 rings (SSSR count). The van der Waals surface area contributed by atoms with Gasteiger partial charge in [0, 0.05) is 50.8 Å². The standard InChI is InChI=1S/C14H24N2O2/c17-12-14(3-8-18-9-4-14)11-15-6-7-16-5-1-2-13(16)10-15/h12-13H,1-11H2. The fourth-order valence-electron chi connectivity index (χ4n) is 3.74. The van der Waals surface area contributed by atoms with Crippen LogP contribution in [-0.4, -0.2) is 68.1 Å². The second-order valence-electron chi connectivity index (χ2n) is 6.16. The van der Waals surface area contributed by atoms with Gasteiger partial charge in [0.05, 0.1) is 0 Å². The van der Waals surface area contributed by atoms with E-state index in [1.807, 2.05) is 0 Å². The summed E-state index contributed by atoms with van der Waals surface area (Å²) in [6.45, 7) is 7.22. The van der Waals surface area contributed by atoms with Crippen molar-refractivity contribution in [1.82, 2.24) is 9.80 Å². The first-order chi connectivity index (χ1) is 8.81. The number of ether oxygens (including phenoxy) is 1. The van der Waals surface area contributed by atoms with E-state index in [0.29, 0.717) is 0 Å². The molecule has 0 spiro atoms. The summed E-state index contributed by atoms with van der Waals surface area (Å²) in [5.41, 5.74) is -0.126. The van der Waals surface area contributed by atoms with Gasteiger partial charge in [-0.15, -0.1) is 0 Å². The van der Waals surface area contributed by atoms with Gasteiger partial charge in [0.1, 0.15) is 6.29 Å². The highest BCUT2D eigenvalue weighted by atomic mass is 16.5. The second kappa shape index (κ2) is 5.27. The van der Waals surface area contributed by atoms with Crippen molar-refractivity contribution < 1.29 is 9.53 Å². The van der Waals surface area contributed by atoms with Crippen molar-refractivity contribution in [3.8, 4) is 0 Å². The maximum atomic E-state index is 11.5. The Balaban J connectivity index is 1.59. The highest BCUT2D eigenvalue weighted by Gasteiger charge is 2.37. The van der Waals surface area contributed by atoms with E-state index in [4.69, 9.17) is 4.74 Å². The van der Waals surface area contributed by atoms with E-state index in [0.717, 1.165) is 51.7 Å². The van der Waals surface area contributed by atoms with Crippen molar-refractivity contribution in [2.45, 2.75) is 31.7 Å². The van der Waals surface area contributed by atoms with E-state index < -0.39 is 0 Å².